The number of aromatic nitrogens is 2. The molecule has 3 rings (SSSR count). The summed E-state index contributed by atoms with van der Waals surface area (Å²) in [5, 5.41) is 12.2. The van der Waals surface area contributed by atoms with Crippen LogP contribution in [0.4, 0.5) is 16.2 Å². The second-order valence-corrected chi connectivity index (χ2v) is 6.70. The molecule has 1 aliphatic rings. The number of ketones is 1. The lowest BCUT2D eigenvalue weighted by molar-refractivity contribution is -0.142. The van der Waals surface area contributed by atoms with Gasteiger partial charge in [0.2, 0.25) is 11.7 Å². The maximum Gasteiger partial charge on any atom is 0.306 e. The molecule has 0 saturated heterocycles. The molecule has 1 saturated carbocycles. The Kier molecular flexibility index (Phi) is 5.72. The molecule has 1 aromatic carbocycles. The summed E-state index contributed by atoms with van der Waals surface area (Å²) in [5.74, 6) is -1.74. The van der Waals surface area contributed by atoms with Crippen LogP contribution in [-0.2, 0) is 4.79 Å². The van der Waals surface area contributed by atoms with Gasteiger partial charge in [-0.05, 0) is 43.9 Å². The Labute approximate surface area is 160 Å². The molecule has 9 heteroatoms. The Balaban J connectivity index is 1.73. The summed E-state index contributed by atoms with van der Waals surface area (Å²) in [4.78, 5) is 32.0. The molecule has 0 unspecified atom stereocenters. The number of nitrogen functional groups attached to an aromatic ring is 1. The number of methoxy groups -OCH3 is 1. The molecule has 148 valence electrons. The zero-order valence-electron chi connectivity index (χ0n) is 15.3. The van der Waals surface area contributed by atoms with Crippen molar-refractivity contribution in [1.82, 2.24) is 9.97 Å². The van der Waals surface area contributed by atoms with Crippen LogP contribution in [-0.4, -0.2) is 40.0 Å². The van der Waals surface area contributed by atoms with E-state index in [0.29, 0.717) is 25.7 Å². The van der Waals surface area contributed by atoms with Crippen molar-refractivity contribution in [3.05, 3.63) is 41.3 Å². The maximum atomic E-state index is 13.5. The molecule has 28 heavy (non-hydrogen) atoms. The summed E-state index contributed by atoms with van der Waals surface area (Å²) in [6.07, 6.45) is 3.82. The van der Waals surface area contributed by atoms with Crippen LogP contribution >= 0.6 is 0 Å². The number of nitrogens with two attached hydrogens (primary N) is 1. The molecule has 2 aromatic rings. The molecule has 0 amide bonds. The highest BCUT2D eigenvalue weighted by Gasteiger charge is 2.26. The van der Waals surface area contributed by atoms with Crippen molar-refractivity contribution >= 4 is 23.5 Å². The fourth-order valence-electron chi connectivity index (χ4n) is 3.31. The van der Waals surface area contributed by atoms with E-state index in [0.717, 1.165) is 6.07 Å². The lowest BCUT2D eigenvalue weighted by Gasteiger charge is -2.26. The predicted molar refractivity (Wildman–Crippen MR) is 99.8 cm³/mol. The van der Waals surface area contributed by atoms with Gasteiger partial charge in [-0.3, -0.25) is 9.59 Å². The van der Waals surface area contributed by atoms with Gasteiger partial charge in [0.15, 0.2) is 0 Å². The lowest BCUT2D eigenvalue weighted by atomic mass is 9.86. The van der Waals surface area contributed by atoms with E-state index in [1.807, 2.05) is 0 Å². The topological polar surface area (TPSA) is 127 Å². The lowest BCUT2D eigenvalue weighted by Crippen LogP contribution is -2.30. The molecule has 1 fully saturated rings. The molecule has 4 N–H and O–H groups in total. The van der Waals surface area contributed by atoms with E-state index in [1.165, 1.54) is 25.4 Å². The smallest absolute Gasteiger partial charge is 0.306 e. The number of rotatable bonds is 6. The summed E-state index contributed by atoms with van der Waals surface area (Å²) in [6.45, 7) is 0. The number of halogens is 1. The molecule has 1 heterocycles. The third-order valence-electron chi connectivity index (χ3n) is 4.88. The van der Waals surface area contributed by atoms with Crippen molar-refractivity contribution in [2.75, 3.05) is 18.2 Å². The maximum absolute atomic E-state index is 13.5. The first kappa shape index (κ1) is 19.5. The monoisotopic (exact) mass is 388 g/mol. The van der Waals surface area contributed by atoms with Gasteiger partial charge >= 0.3 is 5.97 Å². The first-order valence-corrected chi connectivity index (χ1v) is 8.89. The van der Waals surface area contributed by atoms with Gasteiger partial charge in [0.25, 0.3) is 0 Å². The van der Waals surface area contributed by atoms with E-state index >= 15 is 0 Å². The van der Waals surface area contributed by atoms with Crippen molar-refractivity contribution in [3.8, 4) is 5.75 Å². The number of nitrogens with zero attached hydrogens (tertiary/aromatic N) is 2. The summed E-state index contributed by atoms with van der Waals surface area (Å²) in [6, 6.07) is 3.68. The van der Waals surface area contributed by atoms with Gasteiger partial charge in [-0.15, -0.1) is 0 Å². The van der Waals surface area contributed by atoms with E-state index in [1.54, 1.807) is 0 Å². The fourth-order valence-corrected chi connectivity index (χ4v) is 3.31. The van der Waals surface area contributed by atoms with Gasteiger partial charge in [-0.25, -0.2) is 9.37 Å². The Morgan fingerprint density at radius 2 is 1.96 bits per heavy atom. The van der Waals surface area contributed by atoms with Crippen molar-refractivity contribution < 1.29 is 23.8 Å². The summed E-state index contributed by atoms with van der Waals surface area (Å²) in [5.41, 5.74) is 6.01. The number of carboxylic acid groups (broad SMARTS) is 1. The third-order valence-corrected chi connectivity index (χ3v) is 4.88. The van der Waals surface area contributed by atoms with Crippen molar-refractivity contribution in [1.29, 1.82) is 0 Å². The highest BCUT2D eigenvalue weighted by Crippen LogP contribution is 2.27. The normalized spacial score (nSPS) is 19.1. The highest BCUT2D eigenvalue weighted by atomic mass is 19.1. The molecule has 0 aliphatic heterocycles. The minimum Gasteiger partial charge on any atom is -0.496 e. The van der Waals surface area contributed by atoms with Crippen LogP contribution in [0.1, 0.15) is 41.6 Å². The van der Waals surface area contributed by atoms with Crippen LogP contribution in [0.15, 0.2) is 24.4 Å². The SMILES string of the molecule is COc1ccc(F)cc1C(=O)c1cnc(NC2CCC(C(=O)O)CC2)nc1N. The second-order valence-electron chi connectivity index (χ2n) is 6.70. The zero-order valence-corrected chi connectivity index (χ0v) is 15.3. The van der Waals surface area contributed by atoms with Crippen molar-refractivity contribution in [3.63, 3.8) is 0 Å². The molecule has 1 aromatic heterocycles. The van der Waals surface area contributed by atoms with Crippen molar-refractivity contribution in [2.45, 2.75) is 31.7 Å². The van der Waals surface area contributed by atoms with Crippen molar-refractivity contribution in [2.24, 2.45) is 5.92 Å². The first-order chi connectivity index (χ1) is 13.4. The second kappa shape index (κ2) is 8.20. The average Bonchev–Trinajstić information content (AvgIpc) is 2.68. The molecule has 8 nitrogen and oxygen atoms in total. The summed E-state index contributed by atoms with van der Waals surface area (Å²) < 4.78 is 18.7. The van der Waals surface area contributed by atoms with Crippen LogP contribution in [0.2, 0.25) is 0 Å². The standard InChI is InChI=1S/C19H21FN4O4/c1-28-15-7-4-11(20)8-13(15)16(25)14-9-22-19(24-17(14)21)23-12-5-2-10(3-6-12)18(26)27/h4,7-10,12H,2-3,5-6H2,1H3,(H,26,27)(H3,21,22,23,24). The Bertz CT molecular complexity index is 897. The fraction of sp³-hybridized carbons (Fsp3) is 0.368. The number of ether oxygens (including phenoxy) is 1. The Hall–Kier alpha value is -3.23. The number of anilines is 2. The average molecular weight is 388 g/mol. The Morgan fingerprint density at radius 1 is 1.25 bits per heavy atom. The molecule has 0 bridgehead atoms. The minimum absolute atomic E-state index is 0.0329. The van der Waals surface area contributed by atoms with E-state index < -0.39 is 17.6 Å². The van der Waals surface area contributed by atoms with Crippen LogP contribution in [0.5, 0.6) is 5.75 Å². The van der Waals surface area contributed by atoms with Gasteiger partial charge in [0.05, 0.1) is 24.2 Å². The van der Waals surface area contributed by atoms with Gasteiger partial charge < -0.3 is 20.9 Å². The van der Waals surface area contributed by atoms with E-state index in [4.69, 9.17) is 15.6 Å². The molecule has 0 radical (unpaired) electrons. The van der Waals surface area contributed by atoms with E-state index in [-0.39, 0.29) is 40.6 Å². The molecular formula is C19H21FN4O4. The highest BCUT2D eigenvalue weighted by molar-refractivity contribution is 6.13. The molecular weight excluding hydrogens is 367 g/mol. The number of nitrogens with one attached hydrogen (secondary N) is 1. The largest absolute Gasteiger partial charge is 0.496 e. The first-order valence-electron chi connectivity index (χ1n) is 8.89. The summed E-state index contributed by atoms with van der Waals surface area (Å²) in [7, 11) is 1.38. The van der Waals surface area contributed by atoms with E-state index in [9.17, 15) is 14.0 Å². The molecule has 1 aliphatic carbocycles. The molecule has 0 spiro atoms. The number of carboxylic acids is 1. The number of benzene rings is 1. The summed E-state index contributed by atoms with van der Waals surface area (Å²) >= 11 is 0. The van der Waals surface area contributed by atoms with Crippen LogP contribution < -0.4 is 15.8 Å². The zero-order chi connectivity index (χ0) is 20.3. The number of carbonyl (C=O) groups is 2. The quantitative estimate of drug-likeness (QED) is 0.644. The van der Waals surface area contributed by atoms with Crippen LogP contribution in [0.3, 0.4) is 0 Å². The Morgan fingerprint density at radius 3 is 2.57 bits per heavy atom. The number of hydrogen-bond acceptors (Lipinski definition) is 7. The minimum atomic E-state index is -0.769. The van der Waals surface area contributed by atoms with Gasteiger partial charge in [0, 0.05) is 12.2 Å². The van der Waals surface area contributed by atoms with Gasteiger partial charge in [-0.2, -0.15) is 4.98 Å². The van der Waals surface area contributed by atoms with Crippen LogP contribution in [0.25, 0.3) is 0 Å². The van der Waals surface area contributed by atoms with Gasteiger partial charge in [0.1, 0.15) is 17.4 Å². The third kappa shape index (κ3) is 4.19. The number of carbonyl (C=O) groups excluding carboxylic acids is 1. The molecule has 0 atom stereocenters. The number of hydrogen-bond donors (Lipinski definition) is 3. The number of aliphatic carboxylic acids is 1. The van der Waals surface area contributed by atoms with Crippen LogP contribution in [0, 0.1) is 11.7 Å². The van der Waals surface area contributed by atoms with E-state index in [2.05, 4.69) is 15.3 Å². The predicted octanol–water partition coefficient (Wildman–Crippen LogP) is 2.49. The van der Waals surface area contributed by atoms with Gasteiger partial charge in [-0.1, -0.05) is 0 Å².